The van der Waals surface area contributed by atoms with Crippen LogP contribution in [-0.4, -0.2) is 6.26 Å². The summed E-state index contributed by atoms with van der Waals surface area (Å²) < 4.78 is 3.72. The highest BCUT2D eigenvalue weighted by molar-refractivity contribution is 8.00. The fourth-order valence-corrected chi connectivity index (χ4v) is 4.26. The molecule has 2 aromatic carbocycles. The highest BCUT2D eigenvalue weighted by Gasteiger charge is 2.25. The summed E-state index contributed by atoms with van der Waals surface area (Å²) in [5, 5.41) is 1.29. The molecule has 3 rings (SSSR count). The molecule has 0 N–H and O–H groups in total. The van der Waals surface area contributed by atoms with Crippen molar-refractivity contribution < 1.29 is 4.57 Å². The van der Waals surface area contributed by atoms with E-state index >= 15 is 0 Å². The van der Waals surface area contributed by atoms with Crippen molar-refractivity contribution in [2.24, 2.45) is 0 Å². The van der Waals surface area contributed by atoms with Crippen molar-refractivity contribution in [2.75, 3.05) is 6.26 Å². The number of thioether (sulfide) groups is 1. The molecule has 3 heteroatoms. The first-order valence-corrected chi connectivity index (χ1v) is 8.55. The molecule has 1 heterocycles. The first-order chi connectivity index (χ1) is 9.81. The van der Waals surface area contributed by atoms with Gasteiger partial charge in [0.2, 0.25) is 11.4 Å². The number of benzene rings is 2. The average Bonchev–Trinajstić information content (AvgIpc) is 2.86. The highest BCUT2D eigenvalue weighted by atomic mass is 32.2. The van der Waals surface area contributed by atoms with Crippen LogP contribution < -0.4 is 4.57 Å². The number of rotatable bonds is 3. The summed E-state index contributed by atoms with van der Waals surface area (Å²) in [4.78, 5) is 0. The van der Waals surface area contributed by atoms with Gasteiger partial charge in [-0.15, -0.1) is 16.3 Å². The molecule has 0 amide bonds. The van der Waals surface area contributed by atoms with Crippen molar-refractivity contribution in [3.05, 3.63) is 66.4 Å². The predicted molar refractivity (Wildman–Crippen MR) is 87.8 cm³/mol. The lowest BCUT2D eigenvalue weighted by molar-refractivity contribution is -0.587. The Morgan fingerprint density at radius 3 is 2.10 bits per heavy atom. The summed E-state index contributed by atoms with van der Waals surface area (Å²) in [6, 6.07) is 21.2. The van der Waals surface area contributed by atoms with Crippen LogP contribution in [0.2, 0.25) is 0 Å². The van der Waals surface area contributed by atoms with Gasteiger partial charge in [0, 0.05) is 19.1 Å². The van der Waals surface area contributed by atoms with Gasteiger partial charge in [0.05, 0.1) is 5.56 Å². The van der Waals surface area contributed by atoms with E-state index in [0.717, 1.165) is 0 Å². The fraction of sp³-hybridized carbons (Fsp3) is 0.118. The molecule has 0 fully saturated rings. The molecule has 0 bridgehead atoms. The summed E-state index contributed by atoms with van der Waals surface area (Å²) >= 11 is 3.68. The van der Waals surface area contributed by atoms with Crippen LogP contribution in [-0.2, 0) is 0 Å². The van der Waals surface area contributed by atoms with Gasteiger partial charge in [-0.1, -0.05) is 47.7 Å². The lowest BCUT2D eigenvalue weighted by Crippen LogP contribution is -2.33. The first-order valence-electron chi connectivity index (χ1n) is 6.51. The quantitative estimate of drug-likeness (QED) is 0.500. The molecule has 1 aromatic heterocycles. The van der Waals surface area contributed by atoms with Crippen LogP contribution in [0, 0.1) is 6.92 Å². The van der Waals surface area contributed by atoms with E-state index in [-0.39, 0.29) is 0 Å². The van der Waals surface area contributed by atoms with Gasteiger partial charge >= 0.3 is 0 Å². The van der Waals surface area contributed by atoms with E-state index in [1.807, 2.05) is 23.1 Å². The zero-order valence-corrected chi connectivity index (χ0v) is 13.2. The van der Waals surface area contributed by atoms with Crippen LogP contribution in [0.1, 0.15) is 5.69 Å². The molecule has 0 spiro atoms. The Bertz CT molecular complexity index is 703. The van der Waals surface area contributed by atoms with Crippen molar-refractivity contribution in [3.63, 3.8) is 0 Å². The second-order valence-corrected chi connectivity index (χ2v) is 6.60. The van der Waals surface area contributed by atoms with Crippen LogP contribution in [0.25, 0.3) is 16.3 Å². The molecule has 1 nitrogen and oxygen atoms in total. The third-order valence-corrected chi connectivity index (χ3v) is 5.75. The minimum atomic E-state index is 1.22. The maximum Gasteiger partial charge on any atom is 0.276 e. The monoisotopic (exact) mass is 298 g/mol. The van der Waals surface area contributed by atoms with Crippen molar-refractivity contribution in [1.29, 1.82) is 0 Å². The van der Waals surface area contributed by atoms with E-state index in [2.05, 4.69) is 78.4 Å². The number of thiazole rings is 1. The third kappa shape index (κ3) is 2.39. The van der Waals surface area contributed by atoms with Crippen LogP contribution in [0.5, 0.6) is 0 Å². The molecular formula is C17H16NS2+. The molecule has 0 atom stereocenters. The molecule has 0 saturated heterocycles. The van der Waals surface area contributed by atoms with E-state index in [1.165, 1.54) is 26.2 Å². The first kappa shape index (κ1) is 13.4. The standard InChI is InChI=1S/C17H16NS2/c1-13-17(19-2)20-16(14-9-5-3-6-10-14)18(13)15-11-7-4-8-12-15/h3-12H,1-2H3/q+1. The maximum atomic E-state index is 2.35. The molecule has 0 aliphatic heterocycles. The van der Waals surface area contributed by atoms with Gasteiger partial charge in [-0.25, -0.2) is 0 Å². The minimum Gasteiger partial charge on any atom is -0.146 e. The topological polar surface area (TPSA) is 3.88 Å². The summed E-state index contributed by atoms with van der Waals surface area (Å²) in [7, 11) is 0. The third-order valence-electron chi connectivity index (χ3n) is 3.24. The van der Waals surface area contributed by atoms with Crippen molar-refractivity contribution >= 4 is 23.1 Å². The number of aromatic nitrogens is 1. The van der Waals surface area contributed by atoms with E-state index in [9.17, 15) is 0 Å². The van der Waals surface area contributed by atoms with Gasteiger partial charge in [-0.3, -0.25) is 0 Å². The summed E-state index contributed by atoms with van der Waals surface area (Å²) in [5.41, 5.74) is 3.80. The van der Waals surface area contributed by atoms with Gasteiger partial charge in [0.1, 0.15) is 4.21 Å². The highest BCUT2D eigenvalue weighted by Crippen LogP contribution is 2.33. The smallest absolute Gasteiger partial charge is 0.146 e. The minimum absolute atomic E-state index is 1.22. The molecule has 20 heavy (non-hydrogen) atoms. The molecule has 0 aliphatic rings. The number of hydrogen-bond acceptors (Lipinski definition) is 2. The Hall–Kier alpha value is -1.58. The summed E-state index contributed by atoms with van der Waals surface area (Å²) in [6.45, 7) is 2.20. The van der Waals surface area contributed by atoms with E-state index in [0.29, 0.717) is 0 Å². The van der Waals surface area contributed by atoms with Gasteiger partial charge in [-0.2, -0.15) is 0 Å². The Labute approximate surface area is 127 Å². The SMILES string of the molecule is CSc1sc(-c2ccccc2)[n+](-c2ccccc2)c1C. The number of para-hydroxylation sites is 1. The van der Waals surface area contributed by atoms with E-state index < -0.39 is 0 Å². The van der Waals surface area contributed by atoms with Gasteiger partial charge in [0.25, 0.3) is 5.01 Å². The largest absolute Gasteiger partial charge is 0.276 e. The Morgan fingerprint density at radius 2 is 1.50 bits per heavy atom. The second-order valence-electron chi connectivity index (χ2n) is 4.52. The van der Waals surface area contributed by atoms with Crippen LogP contribution in [0.4, 0.5) is 0 Å². The average molecular weight is 298 g/mol. The lowest BCUT2D eigenvalue weighted by atomic mass is 10.2. The number of hydrogen-bond donors (Lipinski definition) is 0. The van der Waals surface area contributed by atoms with E-state index in [4.69, 9.17) is 0 Å². The Morgan fingerprint density at radius 1 is 0.900 bits per heavy atom. The molecule has 3 aromatic rings. The fourth-order valence-electron chi connectivity index (χ4n) is 2.30. The summed E-state index contributed by atoms with van der Waals surface area (Å²) in [5.74, 6) is 0. The molecule has 0 radical (unpaired) electrons. The Balaban J connectivity index is 2.25. The second kappa shape index (κ2) is 5.81. The summed E-state index contributed by atoms with van der Waals surface area (Å²) in [6.07, 6.45) is 2.14. The molecular weight excluding hydrogens is 282 g/mol. The van der Waals surface area contributed by atoms with Crippen molar-refractivity contribution in [2.45, 2.75) is 11.1 Å². The number of nitrogens with zero attached hydrogens (tertiary/aromatic N) is 1. The van der Waals surface area contributed by atoms with E-state index in [1.54, 1.807) is 0 Å². The van der Waals surface area contributed by atoms with Crippen molar-refractivity contribution in [1.82, 2.24) is 0 Å². The Kier molecular flexibility index (Phi) is 3.90. The van der Waals surface area contributed by atoms with Gasteiger partial charge < -0.3 is 0 Å². The predicted octanol–water partition coefficient (Wildman–Crippen LogP) is 4.72. The zero-order valence-electron chi connectivity index (χ0n) is 11.5. The molecule has 0 saturated carbocycles. The normalized spacial score (nSPS) is 10.7. The van der Waals surface area contributed by atoms with Crippen LogP contribution >= 0.6 is 23.1 Å². The van der Waals surface area contributed by atoms with Crippen molar-refractivity contribution in [3.8, 4) is 16.3 Å². The molecule has 0 unspecified atom stereocenters. The van der Waals surface area contributed by atoms with Gasteiger partial charge in [-0.05, 0) is 18.4 Å². The lowest BCUT2D eigenvalue weighted by Gasteiger charge is -1.99. The van der Waals surface area contributed by atoms with Gasteiger partial charge in [0.15, 0.2) is 0 Å². The van der Waals surface area contributed by atoms with Crippen LogP contribution in [0.3, 0.4) is 0 Å². The molecule has 100 valence electrons. The van der Waals surface area contributed by atoms with Crippen LogP contribution in [0.15, 0.2) is 64.9 Å². The zero-order chi connectivity index (χ0) is 13.9. The molecule has 0 aliphatic carbocycles. The maximum absolute atomic E-state index is 2.35.